The number of ether oxygens (including phenoxy) is 1. The highest BCUT2D eigenvalue weighted by Crippen LogP contribution is 2.18. The molecule has 0 atom stereocenters. The van der Waals surface area contributed by atoms with Gasteiger partial charge in [-0.15, -0.1) is 6.58 Å². The van der Waals surface area contributed by atoms with Crippen molar-refractivity contribution >= 4 is 5.69 Å². The van der Waals surface area contributed by atoms with Crippen molar-refractivity contribution < 1.29 is 9.84 Å². The molecule has 0 bridgehead atoms. The van der Waals surface area contributed by atoms with Crippen LogP contribution >= 0.6 is 0 Å². The van der Waals surface area contributed by atoms with Crippen LogP contribution in [-0.4, -0.2) is 36.9 Å². The number of anilines is 1. The minimum atomic E-state index is 0.0124. The SMILES string of the molecule is C=CCN(CCOC)c1cnccc1CO. The molecule has 16 heavy (non-hydrogen) atoms. The van der Waals surface area contributed by atoms with E-state index in [0.717, 1.165) is 17.8 Å². The molecule has 4 nitrogen and oxygen atoms in total. The number of hydrogen-bond donors (Lipinski definition) is 1. The predicted octanol–water partition coefficient (Wildman–Crippen LogP) is 1.21. The van der Waals surface area contributed by atoms with E-state index in [4.69, 9.17) is 4.74 Å². The average molecular weight is 222 g/mol. The fraction of sp³-hybridized carbons (Fsp3) is 0.417. The van der Waals surface area contributed by atoms with Gasteiger partial charge in [0.25, 0.3) is 0 Å². The minimum Gasteiger partial charge on any atom is -0.392 e. The van der Waals surface area contributed by atoms with Crippen LogP contribution in [0.2, 0.25) is 0 Å². The van der Waals surface area contributed by atoms with E-state index < -0.39 is 0 Å². The van der Waals surface area contributed by atoms with E-state index in [2.05, 4.69) is 16.5 Å². The Morgan fingerprint density at radius 1 is 1.62 bits per heavy atom. The number of rotatable bonds is 7. The molecule has 0 radical (unpaired) electrons. The summed E-state index contributed by atoms with van der Waals surface area (Å²) in [6.07, 6.45) is 5.26. The summed E-state index contributed by atoms with van der Waals surface area (Å²) in [6, 6.07) is 1.82. The smallest absolute Gasteiger partial charge is 0.0703 e. The second kappa shape index (κ2) is 6.98. The Hall–Kier alpha value is -1.39. The molecule has 1 heterocycles. The summed E-state index contributed by atoms with van der Waals surface area (Å²) in [5, 5.41) is 9.25. The van der Waals surface area contributed by atoms with Gasteiger partial charge < -0.3 is 14.7 Å². The molecule has 88 valence electrons. The highest BCUT2D eigenvalue weighted by Gasteiger charge is 2.09. The maximum absolute atomic E-state index is 9.25. The zero-order valence-corrected chi connectivity index (χ0v) is 9.59. The number of hydrogen-bond acceptors (Lipinski definition) is 4. The van der Waals surface area contributed by atoms with Crippen LogP contribution in [0, 0.1) is 0 Å². The summed E-state index contributed by atoms with van der Waals surface area (Å²) in [7, 11) is 1.67. The Balaban J connectivity index is 2.85. The van der Waals surface area contributed by atoms with Gasteiger partial charge in [0.2, 0.25) is 0 Å². The Bertz CT molecular complexity index is 329. The van der Waals surface area contributed by atoms with Crippen LogP contribution in [0.25, 0.3) is 0 Å². The number of nitrogens with zero attached hydrogens (tertiary/aromatic N) is 2. The van der Waals surface area contributed by atoms with Crippen molar-refractivity contribution in [2.75, 3.05) is 31.7 Å². The molecular weight excluding hydrogens is 204 g/mol. The monoisotopic (exact) mass is 222 g/mol. The van der Waals surface area contributed by atoms with Crippen LogP contribution in [0.5, 0.6) is 0 Å². The van der Waals surface area contributed by atoms with E-state index in [1.54, 1.807) is 19.5 Å². The third-order valence-corrected chi connectivity index (χ3v) is 2.31. The molecule has 0 unspecified atom stereocenters. The molecule has 0 aromatic carbocycles. The first-order valence-electron chi connectivity index (χ1n) is 5.22. The van der Waals surface area contributed by atoms with Gasteiger partial charge >= 0.3 is 0 Å². The van der Waals surface area contributed by atoms with E-state index in [1.807, 2.05) is 12.1 Å². The highest BCUT2D eigenvalue weighted by molar-refractivity contribution is 5.51. The Morgan fingerprint density at radius 3 is 3.06 bits per heavy atom. The molecule has 4 heteroatoms. The van der Waals surface area contributed by atoms with Gasteiger partial charge in [-0.25, -0.2) is 0 Å². The number of aliphatic hydroxyl groups excluding tert-OH is 1. The van der Waals surface area contributed by atoms with E-state index >= 15 is 0 Å². The van der Waals surface area contributed by atoms with Crippen LogP contribution < -0.4 is 4.90 Å². The van der Waals surface area contributed by atoms with E-state index in [9.17, 15) is 5.11 Å². The summed E-state index contributed by atoms with van der Waals surface area (Å²) in [6.45, 7) is 5.83. The molecule has 0 saturated heterocycles. The first-order valence-corrected chi connectivity index (χ1v) is 5.22. The summed E-state index contributed by atoms with van der Waals surface area (Å²) >= 11 is 0. The second-order valence-corrected chi connectivity index (χ2v) is 3.39. The van der Waals surface area contributed by atoms with Gasteiger partial charge in [0, 0.05) is 32.0 Å². The molecular formula is C12H18N2O2. The van der Waals surface area contributed by atoms with Crippen molar-refractivity contribution in [3.63, 3.8) is 0 Å². The minimum absolute atomic E-state index is 0.0124. The second-order valence-electron chi connectivity index (χ2n) is 3.39. The van der Waals surface area contributed by atoms with Gasteiger partial charge in [-0.2, -0.15) is 0 Å². The number of methoxy groups -OCH3 is 1. The fourth-order valence-electron chi connectivity index (χ4n) is 1.50. The van der Waals surface area contributed by atoms with Crippen molar-refractivity contribution in [3.8, 4) is 0 Å². The van der Waals surface area contributed by atoms with Gasteiger partial charge in [-0.05, 0) is 6.07 Å². The summed E-state index contributed by atoms with van der Waals surface area (Å²) in [5.41, 5.74) is 1.80. The van der Waals surface area contributed by atoms with Crippen molar-refractivity contribution in [1.29, 1.82) is 0 Å². The maximum atomic E-state index is 9.25. The average Bonchev–Trinajstić information content (AvgIpc) is 2.34. The molecule has 0 fully saturated rings. The quantitative estimate of drug-likeness (QED) is 0.704. The molecule has 1 N–H and O–H groups in total. The summed E-state index contributed by atoms with van der Waals surface area (Å²) in [5.74, 6) is 0. The number of aromatic nitrogens is 1. The molecule has 0 aliphatic carbocycles. The molecule has 0 aliphatic heterocycles. The topological polar surface area (TPSA) is 45.6 Å². The largest absolute Gasteiger partial charge is 0.392 e. The van der Waals surface area contributed by atoms with Crippen molar-refractivity contribution in [2.45, 2.75) is 6.61 Å². The molecule has 0 spiro atoms. The zero-order valence-electron chi connectivity index (χ0n) is 9.59. The lowest BCUT2D eigenvalue weighted by Crippen LogP contribution is -2.28. The lowest BCUT2D eigenvalue weighted by molar-refractivity contribution is 0.205. The van der Waals surface area contributed by atoms with Crippen molar-refractivity contribution in [2.24, 2.45) is 0 Å². The van der Waals surface area contributed by atoms with Crippen LogP contribution in [0.4, 0.5) is 5.69 Å². The van der Waals surface area contributed by atoms with Crippen LogP contribution in [0.15, 0.2) is 31.1 Å². The highest BCUT2D eigenvalue weighted by atomic mass is 16.5. The Morgan fingerprint density at radius 2 is 2.44 bits per heavy atom. The zero-order chi connectivity index (χ0) is 11.8. The third-order valence-electron chi connectivity index (χ3n) is 2.31. The first-order chi connectivity index (χ1) is 7.83. The van der Waals surface area contributed by atoms with Gasteiger partial charge in [-0.3, -0.25) is 4.98 Å². The van der Waals surface area contributed by atoms with Crippen LogP contribution in [-0.2, 0) is 11.3 Å². The van der Waals surface area contributed by atoms with E-state index in [-0.39, 0.29) is 6.61 Å². The number of pyridine rings is 1. The molecule has 1 aromatic rings. The van der Waals surface area contributed by atoms with Gasteiger partial charge in [0.05, 0.1) is 25.1 Å². The summed E-state index contributed by atoms with van der Waals surface area (Å²) < 4.78 is 5.05. The Labute approximate surface area is 96.2 Å². The lowest BCUT2D eigenvalue weighted by atomic mass is 10.2. The fourth-order valence-corrected chi connectivity index (χ4v) is 1.50. The van der Waals surface area contributed by atoms with Gasteiger partial charge in [0.15, 0.2) is 0 Å². The molecule has 0 aliphatic rings. The molecule has 1 rings (SSSR count). The van der Waals surface area contributed by atoms with E-state index in [1.165, 1.54) is 0 Å². The maximum Gasteiger partial charge on any atom is 0.0703 e. The summed E-state index contributed by atoms with van der Waals surface area (Å²) in [4.78, 5) is 6.16. The molecule has 0 saturated carbocycles. The van der Waals surface area contributed by atoms with Crippen molar-refractivity contribution in [3.05, 3.63) is 36.7 Å². The molecule has 0 amide bonds. The van der Waals surface area contributed by atoms with Gasteiger partial charge in [0.1, 0.15) is 0 Å². The first kappa shape index (κ1) is 12.7. The Kier molecular flexibility index (Phi) is 5.53. The lowest BCUT2D eigenvalue weighted by Gasteiger charge is -2.24. The third kappa shape index (κ3) is 3.32. The predicted molar refractivity (Wildman–Crippen MR) is 64.4 cm³/mol. The number of aliphatic hydroxyl groups is 1. The van der Waals surface area contributed by atoms with Crippen molar-refractivity contribution in [1.82, 2.24) is 4.98 Å². The molecule has 1 aromatic heterocycles. The van der Waals surface area contributed by atoms with Crippen LogP contribution in [0.3, 0.4) is 0 Å². The van der Waals surface area contributed by atoms with Gasteiger partial charge in [-0.1, -0.05) is 6.08 Å². The normalized spacial score (nSPS) is 10.1. The van der Waals surface area contributed by atoms with E-state index in [0.29, 0.717) is 13.2 Å². The standard InChI is InChI=1S/C12H18N2O2/c1-3-6-14(7-8-16-2)12-9-13-5-4-11(12)10-15/h3-5,9,15H,1,6-8,10H2,2H3. The van der Waals surface area contributed by atoms with Crippen LogP contribution in [0.1, 0.15) is 5.56 Å².